The van der Waals surface area contributed by atoms with E-state index in [9.17, 15) is 10.1 Å². The number of carbonyl (C=O) groups excluding carboxylic acids is 1. The third-order valence-corrected chi connectivity index (χ3v) is 4.48. The smallest absolute Gasteiger partial charge is 0.256 e. The molecule has 0 heterocycles. The van der Waals surface area contributed by atoms with Gasteiger partial charge in [0.05, 0.1) is 12.2 Å². The highest BCUT2D eigenvalue weighted by Gasteiger charge is 2.33. The van der Waals surface area contributed by atoms with Gasteiger partial charge < -0.3 is 14.8 Å². The van der Waals surface area contributed by atoms with E-state index in [1.54, 1.807) is 18.2 Å². The van der Waals surface area contributed by atoms with Crippen molar-refractivity contribution < 1.29 is 14.3 Å². The molecule has 0 aliphatic carbocycles. The molecule has 1 aromatic carbocycles. The highest BCUT2D eigenvalue weighted by Crippen LogP contribution is 2.26. The van der Waals surface area contributed by atoms with Gasteiger partial charge in [-0.25, -0.2) is 0 Å². The van der Waals surface area contributed by atoms with E-state index in [2.05, 4.69) is 25.2 Å². The normalized spacial score (nSPS) is 12.9. The van der Waals surface area contributed by atoms with Crippen LogP contribution in [0.25, 0.3) is 0 Å². The van der Waals surface area contributed by atoms with Crippen molar-refractivity contribution in [2.24, 2.45) is 0 Å². The van der Waals surface area contributed by atoms with Gasteiger partial charge in [0.15, 0.2) is 0 Å². The van der Waals surface area contributed by atoms with Gasteiger partial charge >= 0.3 is 0 Å². The first-order valence-corrected chi connectivity index (χ1v) is 10.1. The average Bonchev–Trinajstić information content (AvgIpc) is 2.67. The zero-order valence-corrected chi connectivity index (χ0v) is 17.3. The lowest BCUT2D eigenvalue weighted by Gasteiger charge is -2.29. The topological polar surface area (TPSA) is 71.3 Å². The SMILES string of the molecule is CCCCC[C@](C)(OCCC)C(=O)Nc1ccc(OCCCC)c(C#N)c1. The van der Waals surface area contributed by atoms with Crippen LogP contribution in [0.3, 0.4) is 0 Å². The molecule has 0 aromatic heterocycles. The van der Waals surface area contributed by atoms with Gasteiger partial charge in [-0.2, -0.15) is 5.26 Å². The molecule has 0 spiro atoms. The summed E-state index contributed by atoms with van der Waals surface area (Å²) in [6.07, 6.45) is 6.61. The number of nitrogens with zero attached hydrogens (tertiary/aromatic N) is 1. The second kappa shape index (κ2) is 12.3. The minimum absolute atomic E-state index is 0.171. The summed E-state index contributed by atoms with van der Waals surface area (Å²) in [6, 6.07) is 7.31. The molecule has 1 rings (SSSR count). The molecule has 0 aliphatic rings. The van der Waals surface area contributed by atoms with Gasteiger partial charge in [-0.15, -0.1) is 0 Å². The second-order valence-corrected chi connectivity index (χ2v) is 7.02. The Morgan fingerprint density at radius 1 is 1.11 bits per heavy atom. The molecule has 0 unspecified atom stereocenters. The molecular formula is C22H34N2O3. The summed E-state index contributed by atoms with van der Waals surface area (Å²) < 4.78 is 11.6. The van der Waals surface area contributed by atoms with Gasteiger partial charge in [0.25, 0.3) is 5.91 Å². The zero-order valence-electron chi connectivity index (χ0n) is 17.3. The Kier molecular flexibility index (Phi) is 10.5. The van der Waals surface area contributed by atoms with Crippen molar-refractivity contribution in [3.63, 3.8) is 0 Å². The van der Waals surface area contributed by atoms with Crippen molar-refractivity contribution in [1.82, 2.24) is 0 Å². The molecule has 0 saturated heterocycles. The molecule has 1 aromatic rings. The number of nitrogens with one attached hydrogen (secondary N) is 1. The zero-order chi connectivity index (χ0) is 20.1. The van der Waals surface area contributed by atoms with Crippen LogP contribution >= 0.6 is 0 Å². The predicted molar refractivity (Wildman–Crippen MR) is 109 cm³/mol. The van der Waals surface area contributed by atoms with Crippen LogP contribution in [0.2, 0.25) is 0 Å². The van der Waals surface area contributed by atoms with Gasteiger partial charge in [0.1, 0.15) is 17.4 Å². The largest absolute Gasteiger partial charge is 0.492 e. The molecule has 1 amide bonds. The third kappa shape index (κ3) is 7.60. The summed E-state index contributed by atoms with van der Waals surface area (Å²) in [7, 11) is 0. The number of nitriles is 1. The fourth-order valence-electron chi connectivity index (χ4n) is 2.70. The lowest BCUT2D eigenvalue weighted by atomic mass is 9.96. The van der Waals surface area contributed by atoms with Gasteiger partial charge in [-0.1, -0.05) is 46.5 Å². The van der Waals surface area contributed by atoms with Crippen LogP contribution in [0.15, 0.2) is 18.2 Å². The van der Waals surface area contributed by atoms with Crippen LogP contribution in [0.4, 0.5) is 5.69 Å². The number of anilines is 1. The number of ether oxygens (including phenoxy) is 2. The first-order chi connectivity index (χ1) is 13.0. The van der Waals surface area contributed by atoms with Crippen LogP contribution in [0.1, 0.15) is 78.2 Å². The molecule has 0 fully saturated rings. The first kappa shape index (κ1) is 23.0. The molecule has 1 atom stereocenters. The van der Waals surface area contributed by atoms with Crippen molar-refractivity contribution in [3.05, 3.63) is 23.8 Å². The van der Waals surface area contributed by atoms with Gasteiger partial charge in [0.2, 0.25) is 0 Å². The van der Waals surface area contributed by atoms with E-state index in [0.29, 0.717) is 36.6 Å². The molecule has 0 aliphatic heterocycles. The summed E-state index contributed by atoms with van der Waals surface area (Å²) in [4.78, 5) is 12.9. The van der Waals surface area contributed by atoms with E-state index in [1.807, 2.05) is 13.8 Å². The summed E-state index contributed by atoms with van der Waals surface area (Å²) in [5, 5.41) is 12.3. The minimum Gasteiger partial charge on any atom is -0.492 e. The average molecular weight is 375 g/mol. The first-order valence-electron chi connectivity index (χ1n) is 10.1. The van der Waals surface area contributed by atoms with Crippen LogP contribution in [-0.2, 0) is 9.53 Å². The number of rotatable bonds is 13. The Morgan fingerprint density at radius 2 is 1.85 bits per heavy atom. The summed E-state index contributed by atoms with van der Waals surface area (Å²) in [5.41, 5.74) is 0.140. The fourth-order valence-corrected chi connectivity index (χ4v) is 2.70. The molecule has 0 radical (unpaired) electrons. The molecule has 1 N–H and O–H groups in total. The Labute approximate surface area is 164 Å². The number of unbranched alkanes of at least 4 members (excludes halogenated alkanes) is 3. The van der Waals surface area contributed by atoms with Crippen molar-refractivity contribution in [3.8, 4) is 11.8 Å². The van der Waals surface area contributed by atoms with Crippen molar-refractivity contribution in [1.29, 1.82) is 5.26 Å². The summed E-state index contributed by atoms with van der Waals surface area (Å²) >= 11 is 0. The Morgan fingerprint density at radius 3 is 2.48 bits per heavy atom. The molecule has 150 valence electrons. The highest BCUT2D eigenvalue weighted by molar-refractivity contribution is 5.97. The summed E-state index contributed by atoms with van der Waals surface area (Å²) in [6.45, 7) is 9.23. The Bertz CT molecular complexity index is 624. The predicted octanol–water partition coefficient (Wildman–Crippen LogP) is 5.44. The van der Waals surface area contributed by atoms with Crippen LogP contribution in [0, 0.1) is 11.3 Å². The summed E-state index contributed by atoms with van der Waals surface area (Å²) in [5.74, 6) is 0.382. The number of benzene rings is 1. The van der Waals surface area contributed by atoms with E-state index in [-0.39, 0.29) is 5.91 Å². The van der Waals surface area contributed by atoms with Gasteiger partial charge in [0, 0.05) is 12.3 Å². The highest BCUT2D eigenvalue weighted by atomic mass is 16.5. The monoisotopic (exact) mass is 374 g/mol. The van der Waals surface area contributed by atoms with Crippen molar-refractivity contribution in [2.75, 3.05) is 18.5 Å². The lowest BCUT2D eigenvalue weighted by Crippen LogP contribution is -2.43. The van der Waals surface area contributed by atoms with E-state index in [1.165, 1.54) is 0 Å². The van der Waals surface area contributed by atoms with E-state index < -0.39 is 5.60 Å². The molecule has 5 heteroatoms. The van der Waals surface area contributed by atoms with Crippen LogP contribution in [-0.4, -0.2) is 24.7 Å². The van der Waals surface area contributed by atoms with Gasteiger partial charge in [-0.05, 0) is 44.4 Å². The number of amides is 1. The number of hydrogen-bond acceptors (Lipinski definition) is 4. The maximum atomic E-state index is 12.9. The van der Waals surface area contributed by atoms with E-state index in [4.69, 9.17) is 9.47 Å². The molecule has 0 saturated carbocycles. The van der Waals surface area contributed by atoms with E-state index >= 15 is 0 Å². The molecule has 5 nitrogen and oxygen atoms in total. The molecule has 27 heavy (non-hydrogen) atoms. The third-order valence-electron chi connectivity index (χ3n) is 4.48. The Balaban J connectivity index is 2.86. The number of carbonyl (C=O) groups is 1. The van der Waals surface area contributed by atoms with Crippen LogP contribution < -0.4 is 10.1 Å². The van der Waals surface area contributed by atoms with Crippen LogP contribution in [0.5, 0.6) is 5.75 Å². The second-order valence-electron chi connectivity index (χ2n) is 7.02. The molecular weight excluding hydrogens is 340 g/mol. The maximum absolute atomic E-state index is 12.9. The standard InChI is InChI=1S/C22H34N2O3/c1-5-8-10-13-22(4,27-14-7-3)21(25)24-19-11-12-20(18(16-19)17-23)26-15-9-6-2/h11-12,16H,5-10,13-15H2,1-4H3,(H,24,25)/t22-/m0/s1. The van der Waals surface area contributed by atoms with Crippen molar-refractivity contribution >= 4 is 11.6 Å². The quantitative estimate of drug-likeness (QED) is 0.467. The lowest BCUT2D eigenvalue weighted by molar-refractivity contribution is -0.140. The Hall–Kier alpha value is -2.06. The molecule has 0 bridgehead atoms. The van der Waals surface area contributed by atoms with E-state index in [0.717, 1.165) is 38.5 Å². The number of hydrogen-bond donors (Lipinski definition) is 1. The van der Waals surface area contributed by atoms with Gasteiger partial charge in [-0.3, -0.25) is 4.79 Å². The minimum atomic E-state index is -0.867. The van der Waals surface area contributed by atoms with Crippen molar-refractivity contribution in [2.45, 2.75) is 78.2 Å². The maximum Gasteiger partial charge on any atom is 0.256 e. The fraction of sp³-hybridized carbons (Fsp3) is 0.636.